The third kappa shape index (κ3) is 45.0. The fraction of sp³-hybridized carbons (Fsp3) is 0.680. The van der Waals surface area contributed by atoms with Crippen LogP contribution in [0.15, 0.2) is 85.1 Å². The molecule has 0 aromatic heterocycles. The highest BCUT2D eigenvalue weighted by atomic mass is 31.2. The fourth-order valence-electron chi connectivity index (χ4n) is 5.88. The minimum absolute atomic E-state index is 0.0965. The Morgan fingerprint density at radius 3 is 1.28 bits per heavy atom. The molecule has 0 aromatic carbocycles. The molecule has 0 radical (unpaired) electrons. The number of phosphoric acid groups is 1. The van der Waals surface area contributed by atoms with Gasteiger partial charge in [-0.05, 0) is 83.5 Å². The van der Waals surface area contributed by atoms with E-state index in [0.717, 1.165) is 38.5 Å². The van der Waals surface area contributed by atoms with Gasteiger partial charge < -0.3 is 24.6 Å². The van der Waals surface area contributed by atoms with Gasteiger partial charge in [-0.3, -0.25) is 18.6 Å². The normalized spacial score (nSPS) is 14.5. The number of phosphoric ester groups is 1. The molecule has 0 heterocycles. The van der Waals surface area contributed by atoms with E-state index < -0.39 is 51.8 Å². The molecule has 0 spiro atoms. The lowest BCUT2D eigenvalue weighted by Crippen LogP contribution is -2.29. The van der Waals surface area contributed by atoms with Gasteiger partial charge in [-0.1, -0.05) is 170 Å². The van der Waals surface area contributed by atoms with Crippen LogP contribution >= 0.6 is 7.82 Å². The van der Waals surface area contributed by atoms with Crippen LogP contribution in [-0.2, 0) is 32.7 Å². The molecule has 350 valence electrons. The standard InChI is InChI=1S/C50H85O10P/c1-3-5-7-9-11-13-15-17-19-21-22-23-24-26-27-29-31-33-35-37-39-41-49(53)57-45-48(46-59-61(55,56)58-44-47(52)43-51)60-50(54)42-40-38-36-34-32-30-28-25-20-18-16-14-12-10-8-6-4-2/h18-21,23-24,27-30,33-36,47-48,51-52H,3-17,22,25-26,31-32,37-46H2,1-2H3,(H,55,56)/b20-18+,21-19+,24-23+,29-27+,30-28+,35-33+,36-34+/t47-,48+/m0/s1. The Bertz CT molecular complexity index is 1280. The molecule has 0 aliphatic heterocycles. The van der Waals surface area contributed by atoms with Crippen molar-refractivity contribution in [2.24, 2.45) is 0 Å². The topological polar surface area (TPSA) is 149 Å². The molecule has 0 saturated carbocycles. The van der Waals surface area contributed by atoms with E-state index in [1.165, 1.54) is 89.9 Å². The number of esters is 2. The van der Waals surface area contributed by atoms with Crippen LogP contribution in [0.2, 0.25) is 0 Å². The van der Waals surface area contributed by atoms with Crippen LogP contribution in [0.4, 0.5) is 0 Å². The van der Waals surface area contributed by atoms with Gasteiger partial charge in [0.25, 0.3) is 0 Å². The SMILES string of the molecule is CCCCCCCC/C=C/C/C=C/C/C=C/CCCC(=O)O[C@H](COC(=O)CCC/C=C/C/C=C/C/C=C/C/C=C/CCCCCCCCC)COP(=O)(O)OC[C@@H](O)CO. The molecule has 0 fully saturated rings. The van der Waals surface area contributed by atoms with Crippen molar-refractivity contribution in [1.29, 1.82) is 0 Å². The minimum Gasteiger partial charge on any atom is -0.462 e. The van der Waals surface area contributed by atoms with Gasteiger partial charge in [0.1, 0.15) is 12.7 Å². The van der Waals surface area contributed by atoms with Crippen LogP contribution in [-0.4, -0.2) is 65.7 Å². The van der Waals surface area contributed by atoms with Crippen LogP contribution in [0.1, 0.15) is 181 Å². The van der Waals surface area contributed by atoms with Crippen LogP contribution in [0.3, 0.4) is 0 Å². The van der Waals surface area contributed by atoms with Crippen LogP contribution in [0.25, 0.3) is 0 Å². The first kappa shape index (κ1) is 58.1. The average molecular weight is 877 g/mol. The summed E-state index contributed by atoms with van der Waals surface area (Å²) < 4.78 is 32.6. The number of rotatable bonds is 43. The molecule has 10 nitrogen and oxygen atoms in total. The number of carbonyl (C=O) groups excluding carboxylic acids is 2. The van der Waals surface area contributed by atoms with Crippen molar-refractivity contribution in [3.8, 4) is 0 Å². The van der Waals surface area contributed by atoms with Crippen molar-refractivity contribution in [3.63, 3.8) is 0 Å². The third-order valence-corrected chi connectivity index (χ3v) is 10.5. The van der Waals surface area contributed by atoms with E-state index in [4.69, 9.17) is 19.1 Å². The molecule has 0 aliphatic carbocycles. The van der Waals surface area contributed by atoms with Gasteiger partial charge >= 0.3 is 19.8 Å². The molecule has 0 amide bonds. The van der Waals surface area contributed by atoms with Crippen molar-refractivity contribution < 1.29 is 47.8 Å². The zero-order valence-corrected chi connectivity index (χ0v) is 39.0. The van der Waals surface area contributed by atoms with Crippen LogP contribution < -0.4 is 0 Å². The summed E-state index contributed by atoms with van der Waals surface area (Å²) in [6.45, 7) is 2.24. The van der Waals surface area contributed by atoms with Gasteiger partial charge in [-0.25, -0.2) is 4.57 Å². The van der Waals surface area contributed by atoms with Gasteiger partial charge in [-0.2, -0.15) is 0 Å². The second-order valence-electron chi connectivity index (χ2n) is 15.4. The Hall–Kier alpha value is -2.85. The van der Waals surface area contributed by atoms with Gasteiger partial charge in [0.05, 0.1) is 19.8 Å². The first-order valence-corrected chi connectivity index (χ1v) is 25.0. The van der Waals surface area contributed by atoms with Gasteiger partial charge in [0, 0.05) is 12.8 Å². The van der Waals surface area contributed by atoms with Crippen LogP contribution in [0, 0.1) is 0 Å². The maximum absolute atomic E-state index is 12.6. The Kier molecular flexibility index (Phi) is 43.1. The van der Waals surface area contributed by atoms with E-state index in [-0.39, 0.29) is 19.4 Å². The molecule has 3 N–H and O–H groups in total. The molecule has 11 heteroatoms. The first-order chi connectivity index (χ1) is 29.7. The van der Waals surface area contributed by atoms with E-state index in [9.17, 15) is 24.2 Å². The van der Waals surface area contributed by atoms with E-state index in [1.54, 1.807) is 0 Å². The largest absolute Gasteiger partial charge is 0.472 e. The summed E-state index contributed by atoms with van der Waals surface area (Å²) in [6, 6.07) is 0. The quantitative estimate of drug-likeness (QED) is 0.0234. The first-order valence-electron chi connectivity index (χ1n) is 23.5. The van der Waals surface area contributed by atoms with Crippen LogP contribution in [0.5, 0.6) is 0 Å². The second-order valence-corrected chi connectivity index (χ2v) is 16.9. The highest BCUT2D eigenvalue weighted by molar-refractivity contribution is 7.47. The highest BCUT2D eigenvalue weighted by Crippen LogP contribution is 2.43. The number of aliphatic hydroxyl groups excluding tert-OH is 2. The van der Waals surface area contributed by atoms with Gasteiger partial charge in [0.15, 0.2) is 6.10 Å². The lowest BCUT2D eigenvalue weighted by Gasteiger charge is -2.20. The number of carbonyl (C=O) groups is 2. The summed E-state index contributed by atoms with van der Waals surface area (Å²) in [4.78, 5) is 35.0. The number of ether oxygens (including phenoxy) is 2. The molecule has 0 aliphatic rings. The van der Waals surface area contributed by atoms with Gasteiger partial charge in [-0.15, -0.1) is 0 Å². The molecule has 0 bridgehead atoms. The molecule has 61 heavy (non-hydrogen) atoms. The number of hydrogen-bond donors (Lipinski definition) is 3. The molecular formula is C50H85O10P. The van der Waals surface area contributed by atoms with Crippen molar-refractivity contribution in [3.05, 3.63) is 85.1 Å². The monoisotopic (exact) mass is 877 g/mol. The zero-order chi connectivity index (χ0) is 44.8. The summed E-state index contributed by atoms with van der Waals surface area (Å²) in [5.41, 5.74) is 0. The van der Waals surface area contributed by atoms with Gasteiger partial charge in [0.2, 0.25) is 0 Å². The Labute approximate surface area is 371 Å². The average Bonchev–Trinajstić information content (AvgIpc) is 3.25. The van der Waals surface area contributed by atoms with Crippen molar-refractivity contribution in [2.75, 3.05) is 26.4 Å². The number of allylic oxidation sites excluding steroid dienone is 14. The predicted molar refractivity (Wildman–Crippen MR) is 251 cm³/mol. The zero-order valence-electron chi connectivity index (χ0n) is 38.1. The number of unbranched alkanes of at least 4 members (excludes halogenated alkanes) is 15. The maximum Gasteiger partial charge on any atom is 0.472 e. The molecule has 0 rings (SSSR count). The molecule has 0 saturated heterocycles. The Morgan fingerprint density at radius 1 is 0.492 bits per heavy atom. The predicted octanol–water partition coefficient (Wildman–Crippen LogP) is 13.0. The number of hydrogen-bond acceptors (Lipinski definition) is 9. The van der Waals surface area contributed by atoms with Crippen molar-refractivity contribution in [1.82, 2.24) is 0 Å². The molecular weight excluding hydrogens is 792 g/mol. The van der Waals surface area contributed by atoms with Crippen molar-refractivity contribution >= 4 is 19.8 Å². The summed E-state index contributed by atoms with van der Waals surface area (Å²) in [6.07, 6.45) is 54.3. The summed E-state index contributed by atoms with van der Waals surface area (Å²) in [7, 11) is -4.65. The van der Waals surface area contributed by atoms with E-state index in [1.807, 2.05) is 12.2 Å². The lowest BCUT2D eigenvalue weighted by molar-refractivity contribution is -0.161. The summed E-state index contributed by atoms with van der Waals surface area (Å²) in [5, 5.41) is 18.4. The molecule has 3 atom stereocenters. The number of aliphatic hydroxyl groups is 2. The fourth-order valence-corrected chi connectivity index (χ4v) is 6.67. The lowest BCUT2D eigenvalue weighted by atomic mass is 10.1. The summed E-state index contributed by atoms with van der Waals surface area (Å²) in [5.74, 6) is -1.06. The molecule has 0 aromatic rings. The highest BCUT2D eigenvalue weighted by Gasteiger charge is 2.27. The van der Waals surface area contributed by atoms with E-state index in [2.05, 4.69) is 91.3 Å². The maximum atomic E-state index is 12.6. The van der Waals surface area contributed by atoms with Crippen molar-refractivity contribution in [2.45, 2.75) is 193 Å². The second kappa shape index (κ2) is 45.2. The summed E-state index contributed by atoms with van der Waals surface area (Å²) >= 11 is 0. The molecule has 1 unspecified atom stereocenters. The Balaban J connectivity index is 4.43. The Morgan fingerprint density at radius 2 is 0.852 bits per heavy atom. The van der Waals surface area contributed by atoms with E-state index in [0.29, 0.717) is 25.7 Å². The van der Waals surface area contributed by atoms with E-state index >= 15 is 0 Å². The third-order valence-electron chi connectivity index (χ3n) is 9.52. The smallest absolute Gasteiger partial charge is 0.462 e. The minimum atomic E-state index is -4.65.